The molecule has 0 aliphatic heterocycles. The topological polar surface area (TPSA) is 58.5 Å². The van der Waals surface area contributed by atoms with Gasteiger partial charge in [0.2, 0.25) is 0 Å². The van der Waals surface area contributed by atoms with E-state index in [0.717, 1.165) is 17.5 Å². The molecule has 1 aromatic carbocycles. The lowest BCUT2D eigenvalue weighted by Crippen LogP contribution is -2.38. The smallest absolute Gasteiger partial charge is 0.422 e. The highest BCUT2D eigenvalue weighted by Gasteiger charge is 2.28. The number of aromatic nitrogens is 1. The number of guanidine groups is 1. The molecule has 5 nitrogen and oxygen atoms in total. The van der Waals surface area contributed by atoms with E-state index in [9.17, 15) is 13.2 Å². The van der Waals surface area contributed by atoms with Crippen LogP contribution in [0.15, 0.2) is 47.6 Å². The van der Waals surface area contributed by atoms with Crippen LogP contribution in [0.25, 0.3) is 0 Å². The van der Waals surface area contributed by atoms with Gasteiger partial charge in [-0.2, -0.15) is 13.2 Å². The van der Waals surface area contributed by atoms with Crippen LogP contribution in [0.3, 0.4) is 0 Å². The third-order valence-corrected chi connectivity index (χ3v) is 3.81. The Morgan fingerprint density at radius 1 is 1.11 bits per heavy atom. The summed E-state index contributed by atoms with van der Waals surface area (Å²) in [6.45, 7) is 2.42. The minimum Gasteiger partial charge on any atom is -0.484 e. The van der Waals surface area contributed by atoms with Crippen LogP contribution in [0.5, 0.6) is 5.75 Å². The lowest BCUT2D eigenvalue weighted by molar-refractivity contribution is -0.153. The van der Waals surface area contributed by atoms with Crippen LogP contribution in [0, 0.1) is 0 Å². The molecule has 0 aliphatic carbocycles. The van der Waals surface area contributed by atoms with Gasteiger partial charge < -0.3 is 15.4 Å². The van der Waals surface area contributed by atoms with Crippen molar-refractivity contribution < 1.29 is 17.9 Å². The maximum Gasteiger partial charge on any atom is 0.422 e. The summed E-state index contributed by atoms with van der Waals surface area (Å²) in [5.41, 5.74) is 1.92. The van der Waals surface area contributed by atoms with Crippen molar-refractivity contribution in [3.8, 4) is 5.75 Å². The number of nitrogens with one attached hydrogen (secondary N) is 2. The third-order valence-electron chi connectivity index (χ3n) is 3.58. The minimum atomic E-state index is -4.35. The van der Waals surface area contributed by atoms with E-state index in [4.69, 9.17) is 16.3 Å². The summed E-state index contributed by atoms with van der Waals surface area (Å²) in [6, 6.07) is 10.1. The zero-order valence-corrected chi connectivity index (χ0v) is 16.1. The number of hydrogen-bond acceptors (Lipinski definition) is 3. The maximum absolute atomic E-state index is 12.2. The average molecular weight is 415 g/mol. The zero-order valence-electron chi connectivity index (χ0n) is 15.4. The lowest BCUT2D eigenvalue weighted by atomic mass is 10.2. The summed E-state index contributed by atoms with van der Waals surface area (Å²) >= 11 is 5.77. The van der Waals surface area contributed by atoms with Gasteiger partial charge in [-0.15, -0.1) is 0 Å². The molecule has 1 heterocycles. The molecule has 0 atom stereocenters. The molecule has 9 heteroatoms. The van der Waals surface area contributed by atoms with E-state index in [0.29, 0.717) is 30.7 Å². The van der Waals surface area contributed by atoms with Crippen LogP contribution in [0.1, 0.15) is 18.1 Å². The Morgan fingerprint density at radius 2 is 1.82 bits per heavy atom. The summed E-state index contributed by atoms with van der Waals surface area (Å²) in [4.78, 5) is 8.52. The fraction of sp³-hybridized carbons (Fsp3) is 0.368. The highest BCUT2D eigenvalue weighted by Crippen LogP contribution is 2.19. The van der Waals surface area contributed by atoms with Gasteiger partial charge in [0.1, 0.15) is 10.9 Å². The van der Waals surface area contributed by atoms with Crippen molar-refractivity contribution in [1.82, 2.24) is 15.6 Å². The van der Waals surface area contributed by atoms with Gasteiger partial charge in [0.15, 0.2) is 12.6 Å². The van der Waals surface area contributed by atoms with Gasteiger partial charge in [-0.25, -0.2) is 9.98 Å². The Labute approximate surface area is 167 Å². The first kappa shape index (κ1) is 21.8. The van der Waals surface area contributed by atoms with Gasteiger partial charge in [-0.05, 0) is 42.7 Å². The average Bonchev–Trinajstić information content (AvgIpc) is 2.66. The van der Waals surface area contributed by atoms with Gasteiger partial charge >= 0.3 is 6.18 Å². The molecular formula is C19H22ClF3N4O. The Kier molecular flexibility index (Phi) is 8.38. The summed E-state index contributed by atoms with van der Waals surface area (Å²) in [7, 11) is 0. The number of ether oxygens (including phenoxy) is 1. The Morgan fingerprint density at radius 3 is 2.43 bits per heavy atom. The fourth-order valence-corrected chi connectivity index (χ4v) is 2.36. The normalized spacial score (nSPS) is 12.0. The minimum absolute atomic E-state index is 0.173. The third kappa shape index (κ3) is 8.47. The molecule has 0 radical (unpaired) electrons. The van der Waals surface area contributed by atoms with E-state index in [1.165, 1.54) is 12.1 Å². The molecule has 0 saturated heterocycles. The summed E-state index contributed by atoms with van der Waals surface area (Å²) in [5, 5.41) is 6.84. The van der Waals surface area contributed by atoms with Crippen molar-refractivity contribution in [3.63, 3.8) is 0 Å². The quantitative estimate of drug-likeness (QED) is 0.390. The van der Waals surface area contributed by atoms with Crippen LogP contribution >= 0.6 is 11.6 Å². The number of rotatable bonds is 8. The molecular weight excluding hydrogens is 393 g/mol. The predicted octanol–water partition coefficient (Wildman–Crippen LogP) is 3.97. The van der Waals surface area contributed by atoms with Crippen molar-refractivity contribution in [2.24, 2.45) is 4.99 Å². The molecule has 0 unspecified atom stereocenters. The standard InChI is InChI=1S/C19H22ClF3N4O/c1-2-24-18(25-10-9-15-5-8-17(20)26-11-15)27-12-14-3-6-16(7-4-14)28-13-19(21,22)23/h3-8,11H,2,9-10,12-13H2,1H3,(H2,24,25,27). The van der Waals surface area contributed by atoms with Crippen LogP contribution in [-0.4, -0.2) is 36.8 Å². The molecule has 0 aliphatic rings. The van der Waals surface area contributed by atoms with Crippen molar-refractivity contribution in [2.45, 2.75) is 26.1 Å². The Hall–Kier alpha value is -2.48. The number of hydrogen-bond donors (Lipinski definition) is 2. The highest BCUT2D eigenvalue weighted by atomic mass is 35.5. The number of aliphatic imine (C=N–C) groups is 1. The monoisotopic (exact) mass is 414 g/mol. The molecule has 152 valence electrons. The molecule has 0 bridgehead atoms. The lowest BCUT2D eigenvalue weighted by Gasteiger charge is -2.12. The number of alkyl halides is 3. The predicted molar refractivity (Wildman–Crippen MR) is 104 cm³/mol. The first-order chi connectivity index (χ1) is 13.4. The molecule has 0 saturated carbocycles. The van der Waals surface area contributed by atoms with Crippen LogP contribution in [0.4, 0.5) is 13.2 Å². The largest absolute Gasteiger partial charge is 0.484 e. The molecule has 0 spiro atoms. The summed E-state index contributed by atoms with van der Waals surface area (Å²) in [5.74, 6) is 0.827. The summed E-state index contributed by atoms with van der Waals surface area (Å²) < 4.78 is 41.2. The number of pyridine rings is 1. The van der Waals surface area contributed by atoms with Gasteiger partial charge in [0.25, 0.3) is 0 Å². The van der Waals surface area contributed by atoms with E-state index < -0.39 is 12.8 Å². The van der Waals surface area contributed by atoms with Crippen molar-refractivity contribution in [1.29, 1.82) is 0 Å². The molecule has 1 aromatic heterocycles. The van der Waals surface area contributed by atoms with E-state index in [1.807, 2.05) is 13.0 Å². The number of halogens is 4. The second-order valence-corrected chi connectivity index (χ2v) is 6.30. The van der Waals surface area contributed by atoms with Crippen molar-refractivity contribution >= 4 is 17.6 Å². The van der Waals surface area contributed by atoms with E-state index in [2.05, 4.69) is 20.6 Å². The first-order valence-corrected chi connectivity index (χ1v) is 9.14. The van der Waals surface area contributed by atoms with E-state index >= 15 is 0 Å². The second kappa shape index (κ2) is 10.8. The van der Waals surface area contributed by atoms with Gasteiger partial charge in [0.05, 0.1) is 6.54 Å². The Balaban J connectivity index is 1.84. The van der Waals surface area contributed by atoms with Crippen molar-refractivity contribution in [3.05, 3.63) is 58.9 Å². The molecule has 28 heavy (non-hydrogen) atoms. The fourth-order valence-electron chi connectivity index (χ4n) is 2.25. The SMILES string of the molecule is CCNC(=NCc1ccc(OCC(F)(F)F)cc1)NCCc1ccc(Cl)nc1. The molecule has 2 N–H and O–H groups in total. The summed E-state index contributed by atoms with van der Waals surface area (Å²) in [6.07, 6.45) is -1.85. The molecule has 0 amide bonds. The van der Waals surface area contributed by atoms with Gasteiger partial charge in [0, 0.05) is 19.3 Å². The van der Waals surface area contributed by atoms with Gasteiger partial charge in [-0.1, -0.05) is 29.8 Å². The van der Waals surface area contributed by atoms with Gasteiger partial charge in [-0.3, -0.25) is 0 Å². The Bertz CT molecular complexity index is 749. The van der Waals surface area contributed by atoms with E-state index in [-0.39, 0.29) is 5.75 Å². The van der Waals surface area contributed by atoms with E-state index in [1.54, 1.807) is 24.4 Å². The van der Waals surface area contributed by atoms with Crippen LogP contribution in [-0.2, 0) is 13.0 Å². The first-order valence-electron chi connectivity index (χ1n) is 8.77. The molecule has 0 fully saturated rings. The van der Waals surface area contributed by atoms with Crippen LogP contribution in [0.2, 0.25) is 5.15 Å². The van der Waals surface area contributed by atoms with Crippen LogP contribution < -0.4 is 15.4 Å². The number of nitrogens with zero attached hydrogens (tertiary/aromatic N) is 2. The maximum atomic E-state index is 12.2. The van der Waals surface area contributed by atoms with Crippen molar-refractivity contribution in [2.75, 3.05) is 19.7 Å². The molecule has 2 rings (SSSR count). The highest BCUT2D eigenvalue weighted by molar-refractivity contribution is 6.29. The molecule has 2 aromatic rings. The zero-order chi connectivity index (χ0) is 20.4. The second-order valence-electron chi connectivity index (χ2n) is 5.91. The number of benzene rings is 1.